The summed E-state index contributed by atoms with van der Waals surface area (Å²) in [6, 6.07) is 15.6. The summed E-state index contributed by atoms with van der Waals surface area (Å²) in [6.07, 6.45) is 0. The maximum Gasteiger partial charge on any atom is 0.131 e. The number of aryl methyl sites for hydroxylation is 1. The molecule has 0 atom stereocenters. The average molecular weight is 242 g/mol. The third-order valence-corrected chi connectivity index (χ3v) is 2.74. The molecule has 17 heavy (non-hydrogen) atoms. The second-order valence-electron chi connectivity index (χ2n) is 3.88. The molecule has 0 radical (unpaired) electrons. The molecule has 0 aliphatic heterocycles. The number of benzene rings is 2. The fourth-order valence-corrected chi connectivity index (χ4v) is 1.60. The molecule has 0 saturated heterocycles. The zero-order chi connectivity index (χ0) is 12.3. The predicted octanol–water partition coefficient (Wildman–Crippen LogP) is 3.32. The first-order valence-corrected chi connectivity index (χ1v) is 5.80. The summed E-state index contributed by atoms with van der Waals surface area (Å²) in [5.74, 6) is 0.525. The van der Waals surface area contributed by atoms with E-state index in [9.17, 15) is 0 Å². The fraction of sp³-hybridized carbons (Fsp3) is 0.0714. The second-order valence-corrected chi connectivity index (χ2v) is 4.40. The molecule has 0 aliphatic carbocycles. The van der Waals surface area contributed by atoms with Gasteiger partial charge in [0.25, 0.3) is 0 Å². The van der Waals surface area contributed by atoms with E-state index in [1.54, 1.807) is 0 Å². The third-order valence-electron chi connectivity index (χ3n) is 2.45. The lowest BCUT2D eigenvalue weighted by molar-refractivity contribution is 1.39. The average Bonchev–Trinajstić information content (AvgIpc) is 2.33. The zero-order valence-electron chi connectivity index (χ0n) is 9.59. The Bertz CT molecular complexity index is 527. The lowest BCUT2D eigenvalue weighted by atomic mass is 10.1. The summed E-state index contributed by atoms with van der Waals surface area (Å²) in [7, 11) is 0. The van der Waals surface area contributed by atoms with Gasteiger partial charge in [-0.05, 0) is 31.2 Å². The highest BCUT2D eigenvalue weighted by molar-refractivity contribution is 7.80. The smallest absolute Gasteiger partial charge is 0.131 e. The summed E-state index contributed by atoms with van der Waals surface area (Å²) in [5.41, 5.74) is 8.93. The first-order valence-electron chi connectivity index (χ1n) is 5.35. The SMILES string of the molecule is Cc1ccc(C(N)=Nc2ccc(S)cc2)cc1. The summed E-state index contributed by atoms with van der Waals surface area (Å²) < 4.78 is 0. The van der Waals surface area contributed by atoms with Crippen molar-refractivity contribution < 1.29 is 0 Å². The number of aliphatic imine (C=N–C) groups is 1. The first-order chi connectivity index (χ1) is 8.15. The molecule has 0 aliphatic rings. The van der Waals surface area contributed by atoms with Gasteiger partial charge in [-0.2, -0.15) is 0 Å². The van der Waals surface area contributed by atoms with E-state index in [2.05, 4.69) is 17.6 Å². The van der Waals surface area contributed by atoms with Crippen molar-refractivity contribution in [1.82, 2.24) is 0 Å². The Morgan fingerprint density at radius 1 is 1.00 bits per heavy atom. The zero-order valence-corrected chi connectivity index (χ0v) is 10.5. The van der Waals surface area contributed by atoms with E-state index >= 15 is 0 Å². The molecule has 3 heteroatoms. The van der Waals surface area contributed by atoms with Crippen LogP contribution >= 0.6 is 12.6 Å². The van der Waals surface area contributed by atoms with Gasteiger partial charge < -0.3 is 5.73 Å². The van der Waals surface area contributed by atoms with Crippen molar-refractivity contribution in [3.8, 4) is 0 Å². The maximum absolute atomic E-state index is 5.95. The first kappa shape index (κ1) is 11.7. The van der Waals surface area contributed by atoms with Gasteiger partial charge in [0.05, 0.1) is 5.69 Å². The molecule has 0 unspecified atom stereocenters. The Balaban J connectivity index is 2.27. The topological polar surface area (TPSA) is 38.4 Å². The minimum atomic E-state index is 0.525. The molecule has 0 fully saturated rings. The van der Waals surface area contributed by atoms with Crippen LogP contribution in [0.1, 0.15) is 11.1 Å². The van der Waals surface area contributed by atoms with E-state index in [1.807, 2.05) is 55.5 Å². The van der Waals surface area contributed by atoms with E-state index in [1.165, 1.54) is 5.56 Å². The highest BCUT2D eigenvalue weighted by Crippen LogP contribution is 2.16. The van der Waals surface area contributed by atoms with Gasteiger partial charge in [0.15, 0.2) is 0 Å². The number of nitrogens with zero attached hydrogens (tertiary/aromatic N) is 1. The van der Waals surface area contributed by atoms with Crippen molar-refractivity contribution >= 4 is 24.2 Å². The Morgan fingerprint density at radius 3 is 2.18 bits per heavy atom. The van der Waals surface area contributed by atoms with Crippen molar-refractivity contribution in [1.29, 1.82) is 0 Å². The van der Waals surface area contributed by atoms with E-state index in [0.29, 0.717) is 5.84 Å². The molecule has 2 aromatic rings. The Hall–Kier alpha value is -1.74. The van der Waals surface area contributed by atoms with Crippen molar-refractivity contribution in [2.75, 3.05) is 0 Å². The lowest BCUT2D eigenvalue weighted by Gasteiger charge is -2.02. The molecule has 2 aromatic carbocycles. The summed E-state index contributed by atoms with van der Waals surface area (Å²) in [6.45, 7) is 2.04. The molecule has 0 bridgehead atoms. The van der Waals surface area contributed by atoms with Gasteiger partial charge in [0.2, 0.25) is 0 Å². The van der Waals surface area contributed by atoms with Crippen LogP contribution in [-0.2, 0) is 0 Å². The van der Waals surface area contributed by atoms with Crippen LogP contribution in [-0.4, -0.2) is 5.84 Å². The quantitative estimate of drug-likeness (QED) is 0.473. The monoisotopic (exact) mass is 242 g/mol. The van der Waals surface area contributed by atoms with Crippen molar-refractivity contribution in [3.63, 3.8) is 0 Å². The number of hydrogen-bond acceptors (Lipinski definition) is 2. The number of rotatable bonds is 2. The number of hydrogen-bond donors (Lipinski definition) is 2. The summed E-state index contributed by atoms with van der Waals surface area (Å²) in [4.78, 5) is 5.28. The Morgan fingerprint density at radius 2 is 1.59 bits per heavy atom. The van der Waals surface area contributed by atoms with Gasteiger partial charge >= 0.3 is 0 Å². The molecule has 2 rings (SSSR count). The molecule has 2 nitrogen and oxygen atoms in total. The molecule has 86 valence electrons. The molecule has 0 saturated carbocycles. The molecule has 0 amide bonds. The van der Waals surface area contributed by atoms with Crippen molar-refractivity contribution in [2.45, 2.75) is 11.8 Å². The number of nitrogens with two attached hydrogens (primary N) is 1. The summed E-state index contributed by atoms with van der Waals surface area (Å²) in [5, 5.41) is 0. The van der Waals surface area contributed by atoms with Crippen LogP contribution in [0.15, 0.2) is 58.4 Å². The van der Waals surface area contributed by atoms with Crippen LogP contribution in [0.4, 0.5) is 5.69 Å². The highest BCUT2D eigenvalue weighted by Gasteiger charge is 1.98. The molecule has 2 N–H and O–H groups in total. The van der Waals surface area contributed by atoms with E-state index in [0.717, 1.165) is 16.1 Å². The second kappa shape index (κ2) is 5.06. The molecule has 0 spiro atoms. The standard InChI is InChI=1S/C14H14N2S/c1-10-2-4-11(5-3-10)14(15)16-12-6-8-13(17)9-7-12/h2-9,17H,1H3,(H2,15,16). The Labute approximate surface area is 107 Å². The van der Waals surface area contributed by atoms with E-state index in [4.69, 9.17) is 5.73 Å². The third kappa shape index (κ3) is 3.11. The fourth-order valence-electron chi connectivity index (χ4n) is 1.46. The molecule has 0 aromatic heterocycles. The van der Waals surface area contributed by atoms with Crippen molar-refractivity contribution in [2.24, 2.45) is 10.7 Å². The van der Waals surface area contributed by atoms with Crippen LogP contribution in [0.25, 0.3) is 0 Å². The molecule has 0 heterocycles. The minimum absolute atomic E-state index is 0.525. The van der Waals surface area contributed by atoms with Crippen LogP contribution in [0, 0.1) is 6.92 Å². The largest absolute Gasteiger partial charge is 0.383 e. The van der Waals surface area contributed by atoms with Crippen LogP contribution in [0.3, 0.4) is 0 Å². The van der Waals surface area contributed by atoms with Gasteiger partial charge in [-0.3, -0.25) is 0 Å². The van der Waals surface area contributed by atoms with E-state index in [-0.39, 0.29) is 0 Å². The predicted molar refractivity (Wildman–Crippen MR) is 75.3 cm³/mol. The van der Waals surface area contributed by atoms with Crippen LogP contribution < -0.4 is 5.73 Å². The van der Waals surface area contributed by atoms with Crippen LogP contribution in [0.2, 0.25) is 0 Å². The lowest BCUT2D eigenvalue weighted by Crippen LogP contribution is -2.12. The van der Waals surface area contributed by atoms with Gasteiger partial charge in [0.1, 0.15) is 5.84 Å². The Kier molecular flexibility index (Phi) is 3.49. The van der Waals surface area contributed by atoms with Gasteiger partial charge in [0, 0.05) is 10.5 Å². The highest BCUT2D eigenvalue weighted by atomic mass is 32.1. The summed E-state index contributed by atoms with van der Waals surface area (Å²) >= 11 is 4.22. The minimum Gasteiger partial charge on any atom is -0.383 e. The van der Waals surface area contributed by atoms with Gasteiger partial charge in [-0.1, -0.05) is 29.8 Å². The van der Waals surface area contributed by atoms with E-state index < -0.39 is 0 Å². The molecular weight excluding hydrogens is 228 g/mol. The van der Waals surface area contributed by atoms with Gasteiger partial charge in [-0.25, -0.2) is 4.99 Å². The number of amidine groups is 1. The van der Waals surface area contributed by atoms with Crippen molar-refractivity contribution in [3.05, 3.63) is 59.7 Å². The van der Waals surface area contributed by atoms with Gasteiger partial charge in [-0.15, -0.1) is 12.6 Å². The number of thiol groups is 1. The maximum atomic E-state index is 5.95. The normalized spacial score (nSPS) is 11.5. The van der Waals surface area contributed by atoms with Crippen LogP contribution in [0.5, 0.6) is 0 Å². The molecular formula is C14H14N2S.